The summed E-state index contributed by atoms with van der Waals surface area (Å²) in [5.74, 6) is 1.18. The van der Waals surface area contributed by atoms with Gasteiger partial charge in [0.2, 0.25) is 0 Å². The van der Waals surface area contributed by atoms with Crippen molar-refractivity contribution in [2.75, 3.05) is 6.54 Å². The second kappa shape index (κ2) is 5.49. The smallest absolute Gasteiger partial charge is 0.253 e. The Kier molecular flexibility index (Phi) is 3.74. The number of nitrogens with zero attached hydrogens (tertiary/aromatic N) is 1. The number of hydrogen-bond acceptors (Lipinski definition) is 2. The summed E-state index contributed by atoms with van der Waals surface area (Å²) in [7, 11) is 0. The fraction of sp³-hybridized carbons (Fsp3) is 0.600. The predicted octanol–water partition coefficient (Wildman–Crippen LogP) is 3.53. The third-order valence-electron chi connectivity index (χ3n) is 4.19. The van der Waals surface area contributed by atoms with Crippen LogP contribution in [0, 0.1) is 5.92 Å². The Morgan fingerprint density at radius 3 is 2.74 bits per heavy atom. The average Bonchev–Trinajstić information content (AvgIpc) is 3.13. The van der Waals surface area contributed by atoms with Crippen LogP contribution in [0.5, 0.6) is 0 Å². The topological polar surface area (TPSA) is 42.0 Å². The van der Waals surface area contributed by atoms with Gasteiger partial charge in [0.1, 0.15) is 5.15 Å². The fourth-order valence-electron chi connectivity index (χ4n) is 2.91. The summed E-state index contributed by atoms with van der Waals surface area (Å²) < 4.78 is 0. The van der Waals surface area contributed by atoms with Crippen LogP contribution in [0.15, 0.2) is 12.3 Å². The van der Waals surface area contributed by atoms with Gasteiger partial charge in [-0.25, -0.2) is 4.98 Å². The van der Waals surface area contributed by atoms with E-state index in [4.69, 9.17) is 11.6 Å². The van der Waals surface area contributed by atoms with Gasteiger partial charge in [-0.3, -0.25) is 4.79 Å². The number of rotatable bonds is 4. The Bertz CT molecular complexity index is 479. The molecule has 0 aliphatic heterocycles. The normalized spacial score (nSPS) is 19.6. The highest BCUT2D eigenvalue weighted by Gasteiger charge is 2.29. The molecule has 3 nitrogen and oxygen atoms in total. The summed E-state index contributed by atoms with van der Waals surface area (Å²) in [6, 6.07) is 1.85. The standard InChI is InChI=1S/C15H19ClN2O/c16-14-7-12(11-5-6-11)13(9-17-14)15(19)18-8-10-3-1-2-4-10/h7,9-11H,1-6,8H2,(H,18,19). The Morgan fingerprint density at radius 2 is 2.05 bits per heavy atom. The molecule has 1 heterocycles. The highest BCUT2D eigenvalue weighted by molar-refractivity contribution is 6.29. The van der Waals surface area contributed by atoms with Crippen LogP contribution in [-0.2, 0) is 0 Å². The van der Waals surface area contributed by atoms with Crippen molar-refractivity contribution in [1.82, 2.24) is 10.3 Å². The molecule has 0 bridgehead atoms. The summed E-state index contributed by atoms with van der Waals surface area (Å²) in [5.41, 5.74) is 1.79. The molecule has 0 unspecified atom stereocenters. The van der Waals surface area contributed by atoms with Crippen LogP contribution in [0.3, 0.4) is 0 Å². The van der Waals surface area contributed by atoms with Crippen LogP contribution in [0.4, 0.5) is 0 Å². The zero-order chi connectivity index (χ0) is 13.2. The zero-order valence-electron chi connectivity index (χ0n) is 11.0. The Labute approximate surface area is 118 Å². The molecular formula is C15H19ClN2O. The van der Waals surface area contributed by atoms with Crippen LogP contribution < -0.4 is 5.32 Å². The van der Waals surface area contributed by atoms with Gasteiger partial charge in [-0.2, -0.15) is 0 Å². The monoisotopic (exact) mass is 278 g/mol. The molecule has 2 aliphatic carbocycles. The minimum atomic E-state index is 0.0120. The third-order valence-corrected chi connectivity index (χ3v) is 4.40. The van der Waals surface area contributed by atoms with Crippen LogP contribution in [0.2, 0.25) is 5.15 Å². The van der Waals surface area contributed by atoms with E-state index in [-0.39, 0.29) is 5.91 Å². The number of carbonyl (C=O) groups excluding carboxylic acids is 1. The molecule has 1 N–H and O–H groups in total. The number of carbonyl (C=O) groups is 1. The van der Waals surface area contributed by atoms with Gasteiger partial charge in [-0.15, -0.1) is 0 Å². The first kappa shape index (κ1) is 12.9. The molecule has 19 heavy (non-hydrogen) atoms. The van der Waals surface area contributed by atoms with Crippen LogP contribution >= 0.6 is 11.6 Å². The zero-order valence-corrected chi connectivity index (χ0v) is 11.7. The highest BCUT2D eigenvalue weighted by atomic mass is 35.5. The summed E-state index contributed by atoms with van der Waals surface area (Å²) in [5, 5.41) is 3.54. The van der Waals surface area contributed by atoms with E-state index in [1.54, 1.807) is 6.20 Å². The Hall–Kier alpha value is -1.09. The van der Waals surface area contributed by atoms with E-state index in [1.165, 1.54) is 25.7 Å². The van der Waals surface area contributed by atoms with E-state index in [0.29, 0.717) is 22.6 Å². The van der Waals surface area contributed by atoms with Gasteiger partial charge in [-0.05, 0) is 49.1 Å². The predicted molar refractivity (Wildman–Crippen MR) is 75.5 cm³/mol. The first-order chi connectivity index (χ1) is 9.24. The van der Waals surface area contributed by atoms with E-state index in [9.17, 15) is 4.79 Å². The molecule has 0 radical (unpaired) electrons. The number of amides is 1. The molecule has 2 aliphatic rings. The molecule has 0 spiro atoms. The van der Waals surface area contributed by atoms with E-state index in [0.717, 1.165) is 24.9 Å². The lowest BCUT2D eigenvalue weighted by Gasteiger charge is -2.12. The van der Waals surface area contributed by atoms with Crippen LogP contribution in [0.25, 0.3) is 0 Å². The van der Waals surface area contributed by atoms with Gasteiger partial charge in [0, 0.05) is 12.7 Å². The second-order valence-electron chi connectivity index (χ2n) is 5.73. The molecule has 1 aromatic heterocycles. The SMILES string of the molecule is O=C(NCC1CCCC1)c1cnc(Cl)cc1C1CC1. The molecule has 0 saturated heterocycles. The van der Waals surface area contributed by atoms with E-state index in [1.807, 2.05) is 6.07 Å². The molecule has 102 valence electrons. The molecule has 3 rings (SSSR count). The molecule has 1 aromatic rings. The quantitative estimate of drug-likeness (QED) is 0.856. The van der Waals surface area contributed by atoms with Gasteiger partial charge in [0.25, 0.3) is 5.91 Å². The minimum absolute atomic E-state index is 0.0120. The van der Waals surface area contributed by atoms with Crippen molar-refractivity contribution in [1.29, 1.82) is 0 Å². The summed E-state index contributed by atoms with van der Waals surface area (Å²) in [4.78, 5) is 16.3. The largest absolute Gasteiger partial charge is 0.352 e. The van der Waals surface area contributed by atoms with Crippen molar-refractivity contribution >= 4 is 17.5 Å². The van der Waals surface area contributed by atoms with Gasteiger partial charge in [-0.1, -0.05) is 24.4 Å². The number of nitrogens with one attached hydrogen (secondary N) is 1. The molecule has 2 saturated carbocycles. The van der Waals surface area contributed by atoms with Crippen molar-refractivity contribution in [3.63, 3.8) is 0 Å². The maximum absolute atomic E-state index is 12.3. The molecule has 4 heteroatoms. The van der Waals surface area contributed by atoms with Crippen molar-refractivity contribution < 1.29 is 4.79 Å². The number of pyridine rings is 1. The minimum Gasteiger partial charge on any atom is -0.352 e. The van der Waals surface area contributed by atoms with Gasteiger partial charge >= 0.3 is 0 Å². The van der Waals surface area contributed by atoms with Crippen molar-refractivity contribution in [3.05, 3.63) is 28.5 Å². The van der Waals surface area contributed by atoms with E-state index in [2.05, 4.69) is 10.3 Å². The molecular weight excluding hydrogens is 260 g/mol. The van der Waals surface area contributed by atoms with E-state index >= 15 is 0 Å². The highest BCUT2D eigenvalue weighted by Crippen LogP contribution is 2.42. The van der Waals surface area contributed by atoms with Gasteiger partial charge in [0.05, 0.1) is 5.56 Å². The fourth-order valence-corrected chi connectivity index (χ4v) is 3.08. The molecule has 1 amide bonds. The lowest BCUT2D eigenvalue weighted by Crippen LogP contribution is -2.29. The average molecular weight is 279 g/mol. The van der Waals surface area contributed by atoms with E-state index < -0.39 is 0 Å². The number of halogens is 1. The van der Waals surface area contributed by atoms with Crippen LogP contribution in [0.1, 0.15) is 60.4 Å². The summed E-state index contributed by atoms with van der Waals surface area (Å²) >= 11 is 5.93. The maximum Gasteiger partial charge on any atom is 0.253 e. The lowest BCUT2D eigenvalue weighted by atomic mass is 10.0. The molecule has 2 fully saturated rings. The van der Waals surface area contributed by atoms with Crippen LogP contribution in [-0.4, -0.2) is 17.4 Å². The summed E-state index contributed by atoms with van der Waals surface area (Å²) in [6.45, 7) is 0.797. The second-order valence-corrected chi connectivity index (χ2v) is 6.12. The first-order valence-corrected chi connectivity index (χ1v) is 7.55. The Balaban J connectivity index is 1.68. The van der Waals surface area contributed by atoms with Gasteiger partial charge in [0.15, 0.2) is 0 Å². The third kappa shape index (κ3) is 3.08. The molecule has 0 aromatic carbocycles. The van der Waals surface area contributed by atoms with Crippen molar-refractivity contribution in [3.8, 4) is 0 Å². The number of hydrogen-bond donors (Lipinski definition) is 1. The lowest BCUT2D eigenvalue weighted by molar-refractivity contribution is 0.0946. The number of aromatic nitrogens is 1. The van der Waals surface area contributed by atoms with Crippen molar-refractivity contribution in [2.45, 2.75) is 44.4 Å². The van der Waals surface area contributed by atoms with Gasteiger partial charge < -0.3 is 5.32 Å². The Morgan fingerprint density at radius 1 is 1.32 bits per heavy atom. The maximum atomic E-state index is 12.3. The summed E-state index contributed by atoms with van der Waals surface area (Å²) in [6.07, 6.45) is 9.03. The first-order valence-electron chi connectivity index (χ1n) is 7.17. The van der Waals surface area contributed by atoms with Crippen molar-refractivity contribution in [2.24, 2.45) is 5.92 Å². The molecule has 0 atom stereocenters.